The first-order valence-corrected chi connectivity index (χ1v) is 8.27. The van der Waals surface area contributed by atoms with Crippen LogP contribution in [0.3, 0.4) is 0 Å². The lowest BCUT2D eigenvalue weighted by atomic mass is 10.1. The third-order valence-electron chi connectivity index (χ3n) is 3.91. The van der Waals surface area contributed by atoms with Crippen LogP contribution in [0.5, 0.6) is 17.2 Å². The van der Waals surface area contributed by atoms with Gasteiger partial charge in [-0.05, 0) is 36.8 Å². The summed E-state index contributed by atoms with van der Waals surface area (Å²) < 4.78 is 21.2. The first-order chi connectivity index (χ1) is 13.1. The number of amides is 1. The average molecular weight is 368 g/mol. The number of rotatable bonds is 7. The minimum Gasteiger partial charge on any atom is -0.493 e. The second-order valence-corrected chi connectivity index (χ2v) is 5.79. The molecule has 1 amide bonds. The number of hydrogen-bond acceptors (Lipinski definition) is 6. The molecule has 7 nitrogen and oxygen atoms in total. The number of carbonyl (C=O) groups is 1. The smallest absolute Gasteiger partial charge is 0.264 e. The van der Waals surface area contributed by atoms with Gasteiger partial charge in [0, 0.05) is 0 Å². The molecule has 3 rings (SSSR count). The molecular formula is C20H20N2O5. The number of methoxy groups -OCH3 is 2. The van der Waals surface area contributed by atoms with Gasteiger partial charge in [-0.2, -0.15) is 0 Å². The Morgan fingerprint density at radius 2 is 1.81 bits per heavy atom. The van der Waals surface area contributed by atoms with Crippen LogP contribution in [0.25, 0.3) is 11.1 Å². The van der Waals surface area contributed by atoms with Crippen molar-refractivity contribution in [2.24, 2.45) is 0 Å². The topological polar surface area (TPSA) is 82.8 Å². The van der Waals surface area contributed by atoms with Gasteiger partial charge in [0.25, 0.3) is 5.91 Å². The second-order valence-electron chi connectivity index (χ2n) is 5.79. The van der Waals surface area contributed by atoms with Crippen LogP contribution in [-0.4, -0.2) is 31.9 Å². The van der Waals surface area contributed by atoms with Gasteiger partial charge in [-0.3, -0.25) is 10.1 Å². The molecule has 3 aromatic rings. The van der Waals surface area contributed by atoms with Crippen molar-refractivity contribution in [2.45, 2.75) is 6.92 Å². The number of anilines is 1. The zero-order valence-corrected chi connectivity index (χ0v) is 15.3. The number of aryl methyl sites for hydroxylation is 1. The number of hydrogen-bond donors (Lipinski definition) is 1. The molecule has 0 bridgehead atoms. The van der Waals surface area contributed by atoms with Gasteiger partial charge >= 0.3 is 0 Å². The lowest BCUT2D eigenvalue weighted by Crippen LogP contribution is -2.20. The minimum atomic E-state index is -0.353. The molecule has 0 aliphatic carbocycles. The van der Waals surface area contributed by atoms with E-state index in [-0.39, 0.29) is 18.4 Å². The van der Waals surface area contributed by atoms with E-state index >= 15 is 0 Å². The molecule has 140 valence electrons. The van der Waals surface area contributed by atoms with Crippen LogP contribution in [0.4, 0.5) is 5.88 Å². The van der Waals surface area contributed by atoms with Gasteiger partial charge in [-0.25, -0.2) is 0 Å². The third kappa shape index (κ3) is 4.38. The Hall–Kier alpha value is -3.48. The van der Waals surface area contributed by atoms with Crippen LogP contribution in [0.2, 0.25) is 0 Å². The van der Waals surface area contributed by atoms with Crippen molar-refractivity contribution in [1.29, 1.82) is 0 Å². The molecule has 0 saturated carbocycles. The standard InChI is InChI=1S/C20H20N2O5/c1-13-4-7-15(8-5-13)26-12-19(23)22-20-16(11-21-27-20)14-6-9-17(24-2)18(10-14)25-3/h4-11H,12H2,1-3H3,(H,22,23). The molecule has 1 aromatic heterocycles. The summed E-state index contributed by atoms with van der Waals surface area (Å²) in [5.41, 5.74) is 2.51. The average Bonchev–Trinajstić information content (AvgIpc) is 3.15. The van der Waals surface area contributed by atoms with E-state index in [9.17, 15) is 4.79 Å². The number of ether oxygens (including phenoxy) is 3. The maximum atomic E-state index is 12.2. The Kier molecular flexibility index (Phi) is 5.61. The first kappa shape index (κ1) is 18.3. The van der Waals surface area contributed by atoms with Crippen molar-refractivity contribution in [3.63, 3.8) is 0 Å². The van der Waals surface area contributed by atoms with Crippen LogP contribution in [-0.2, 0) is 4.79 Å². The number of benzene rings is 2. The largest absolute Gasteiger partial charge is 0.493 e. The molecule has 0 spiro atoms. The van der Waals surface area contributed by atoms with Gasteiger partial charge in [0.15, 0.2) is 18.1 Å². The fourth-order valence-electron chi connectivity index (χ4n) is 2.49. The fourth-order valence-corrected chi connectivity index (χ4v) is 2.49. The predicted octanol–water partition coefficient (Wildman–Crippen LogP) is 3.68. The van der Waals surface area contributed by atoms with E-state index in [1.807, 2.05) is 37.3 Å². The van der Waals surface area contributed by atoms with Crippen LogP contribution in [0, 0.1) is 6.92 Å². The molecule has 0 aliphatic heterocycles. The molecule has 0 aliphatic rings. The molecule has 2 aromatic carbocycles. The molecule has 0 fully saturated rings. The van der Waals surface area contributed by atoms with Gasteiger partial charge < -0.3 is 18.7 Å². The van der Waals surface area contributed by atoms with Crippen molar-refractivity contribution in [1.82, 2.24) is 5.16 Å². The number of aromatic nitrogens is 1. The van der Waals surface area contributed by atoms with Crippen LogP contribution in [0.1, 0.15) is 5.56 Å². The highest BCUT2D eigenvalue weighted by Gasteiger charge is 2.16. The van der Waals surface area contributed by atoms with E-state index in [1.54, 1.807) is 26.4 Å². The minimum absolute atomic E-state index is 0.144. The highest BCUT2D eigenvalue weighted by Crippen LogP contribution is 2.35. The van der Waals surface area contributed by atoms with Crippen molar-refractivity contribution < 1.29 is 23.5 Å². The Balaban J connectivity index is 1.69. The maximum absolute atomic E-state index is 12.2. The molecule has 0 atom stereocenters. The zero-order valence-electron chi connectivity index (χ0n) is 15.3. The Morgan fingerprint density at radius 3 is 2.52 bits per heavy atom. The van der Waals surface area contributed by atoms with E-state index in [2.05, 4.69) is 10.5 Å². The van der Waals surface area contributed by atoms with E-state index in [4.69, 9.17) is 18.7 Å². The fraction of sp³-hybridized carbons (Fsp3) is 0.200. The number of nitrogens with zero attached hydrogens (tertiary/aromatic N) is 1. The van der Waals surface area contributed by atoms with Crippen molar-refractivity contribution in [3.8, 4) is 28.4 Å². The molecule has 0 unspecified atom stereocenters. The third-order valence-corrected chi connectivity index (χ3v) is 3.91. The summed E-state index contributed by atoms with van der Waals surface area (Å²) in [6.07, 6.45) is 1.53. The highest BCUT2D eigenvalue weighted by molar-refractivity contribution is 5.94. The molecule has 27 heavy (non-hydrogen) atoms. The number of carbonyl (C=O) groups excluding carboxylic acids is 1. The van der Waals surface area contributed by atoms with Gasteiger partial charge in [0.05, 0.1) is 26.0 Å². The van der Waals surface area contributed by atoms with Crippen LogP contribution in [0.15, 0.2) is 53.2 Å². The second kappa shape index (κ2) is 8.27. The van der Waals surface area contributed by atoms with E-state index in [1.165, 1.54) is 6.20 Å². The lowest BCUT2D eigenvalue weighted by Gasteiger charge is -2.10. The van der Waals surface area contributed by atoms with Crippen molar-refractivity contribution in [2.75, 3.05) is 26.1 Å². The molecule has 7 heteroatoms. The summed E-state index contributed by atoms with van der Waals surface area (Å²) in [5, 5.41) is 6.45. The van der Waals surface area contributed by atoms with E-state index in [0.29, 0.717) is 22.8 Å². The Labute approximate surface area is 156 Å². The molecule has 0 saturated heterocycles. The SMILES string of the molecule is COc1ccc(-c2cnoc2NC(=O)COc2ccc(C)cc2)cc1OC. The Morgan fingerprint density at radius 1 is 1.07 bits per heavy atom. The zero-order chi connectivity index (χ0) is 19.2. The number of nitrogens with one attached hydrogen (secondary N) is 1. The van der Waals surface area contributed by atoms with Crippen LogP contribution < -0.4 is 19.5 Å². The summed E-state index contributed by atoms with van der Waals surface area (Å²) in [7, 11) is 3.12. The monoisotopic (exact) mass is 368 g/mol. The maximum Gasteiger partial charge on any atom is 0.264 e. The predicted molar refractivity (Wildman–Crippen MR) is 100 cm³/mol. The van der Waals surface area contributed by atoms with Crippen molar-refractivity contribution >= 4 is 11.8 Å². The summed E-state index contributed by atoms with van der Waals surface area (Å²) >= 11 is 0. The normalized spacial score (nSPS) is 10.3. The van der Waals surface area contributed by atoms with E-state index in [0.717, 1.165) is 11.1 Å². The van der Waals surface area contributed by atoms with Crippen molar-refractivity contribution in [3.05, 3.63) is 54.2 Å². The Bertz CT molecular complexity index is 918. The molecule has 0 radical (unpaired) electrons. The van der Waals surface area contributed by atoms with Gasteiger partial charge in [-0.15, -0.1) is 0 Å². The lowest BCUT2D eigenvalue weighted by molar-refractivity contribution is -0.118. The first-order valence-electron chi connectivity index (χ1n) is 8.27. The molecule has 1 N–H and O–H groups in total. The summed E-state index contributed by atoms with van der Waals surface area (Å²) in [6.45, 7) is 1.84. The summed E-state index contributed by atoms with van der Waals surface area (Å²) in [6, 6.07) is 12.8. The van der Waals surface area contributed by atoms with Crippen LogP contribution >= 0.6 is 0 Å². The quantitative estimate of drug-likeness (QED) is 0.685. The van der Waals surface area contributed by atoms with Gasteiger partial charge in [0.1, 0.15) is 5.75 Å². The van der Waals surface area contributed by atoms with Gasteiger partial charge in [0.2, 0.25) is 5.88 Å². The molecule has 1 heterocycles. The summed E-state index contributed by atoms with van der Waals surface area (Å²) in [4.78, 5) is 12.2. The summed E-state index contributed by atoms with van der Waals surface area (Å²) in [5.74, 6) is 1.67. The molecular weight excluding hydrogens is 348 g/mol. The van der Waals surface area contributed by atoms with E-state index < -0.39 is 0 Å². The highest BCUT2D eigenvalue weighted by atomic mass is 16.5. The van der Waals surface area contributed by atoms with Gasteiger partial charge in [-0.1, -0.05) is 28.9 Å².